The third-order valence-electron chi connectivity index (χ3n) is 2.09. The van der Waals surface area contributed by atoms with Gasteiger partial charge in [-0.05, 0) is 0 Å². The highest BCUT2D eigenvalue weighted by Crippen LogP contribution is 2.34. The maximum Gasteiger partial charge on any atom is 0.192 e. The molecule has 0 bridgehead atoms. The highest BCUT2D eigenvalue weighted by Gasteiger charge is 2.28. The number of hydrogen-bond donors (Lipinski definition) is 1. The zero-order valence-electron chi connectivity index (χ0n) is 7.16. The molecule has 6 heteroatoms. The molecule has 2 aliphatic heterocycles. The number of ether oxygens (including phenoxy) is 1. The number of nitrogens with zero attached hydrogens (tertiary/aromatic N) is 4. The summed E-state index contributed by atoms with van der Waals surface area (Å²) in [5.41, 5.74) is 0.976. The van der Waals surface area contributed by atoms with E-state index in [0.717, 1.165) is 5.56 Å². The molecule has 0 spiro atoms. The highest BCUT2D eigenvalue weighted by molar-refractivity contribution is 5.18. The topological polar surface area (TPSA) is 65.9 Å². The lowest BCUT2D eigenvalue weighted by Gasteiger charge is -2.20. The number of fused-ring (bicyclic) bond motifs is 1. The fourth-order valence-electron chi connectivity index (χ4n) is 1.42. The van der Waals surface area contributed by atoms with Crippen LogP contribution in [0.2, 0.25) is 0 Å². The van der Waals surface area contributed by atoms with Crippen LogP contribution in [0.3, 0.4) is 0 Å². The molecule has 0 aromatic carbocycles. The molecule has 6 nitrogen and oxygen atoms in total. The van der Waals surface area contributed by atoms with Crippen molar-refractivity contribution in [3.8, 4) is 0 Å². The molecule has 2 aliphatic rings. The van der Waals surface area contributed by atoms with Crippen LogP contribution in [0.5, 0.6) is 0 Å². The van der Waals surface area contributed by atoms with Gasteiger partial charge in [0.25, 0.3) is 0 Å². The van der Waals surface area contributed by atoms with Crippen molar-refractivity contribution in [1.82, 2.24) is 15.1 Å². The van der Waals surface area contributed by atoms with Crippen molar-refractivity contribution < 1.29 is 4.74 Å². The largest absolute Gasteiger partial charge is 0.467 e. The molecule has 1 aromatic heterocycles. The van der Waals surface area contributed by atoms with Gasteiger partial charge in [0.1, 0.15) is 12.5 Å². The summed E-state index contributed by atoms with van der Waals surface area (Å²) in [7, 11) is 0. The number of nitrogens with one attached hydrogen (secondary N) is 1. The molecule has 70 valence electrons. The van der Waals surface area contributed by atoms with Gasteiger partial charge < -0.3 is 4.74 Å². The van der Waals surface area contributed by atoms with Crippen LogP contribution in [0.1, 0.15) is 11.7 Å². The predicted octanol–water partition coefficient (Wildman–Crippen LogP) is 1.48. The lowest BCUT2D eigenvalue weighted by atomic mass is 10.2. The minimum atomic E-state index is -0.125. The van der Waals surface area contributed by atoms with Gasteiger partial charge in [-0.1, -0.05) is 0 Å². The summed E-state index contributed by atoms with van der Waals surface area (Å²) in [5, 5.41) is 14.7. The Kier molecular flexibility index (Phi) is 1.41. The summed E-state index contributed by atoms with van der Waals surface area (Å²) in [6, 6.07) is 0. The SMILES string of the molecule is C1=CN2C(=CO1)N=NC2c1cn[nH]c1. The van der Waals surface area contributed by atoms with E-state index in [0.29, 0.717) is 5.82 Å². The van der Waals surface area contributed by atoms with Crippen molar-refractivity contribution >= 4 is 0 Å². The maximum absolute atomic E-state index is 4.99. The van der Waals surface area contributed by atoms with Gasteiger partial charge in [0.05, 0.1) is 6.20 Å². The monoisotopic (exact) mass is 189 g/mol. The average molecular weight is 189 g/mol. The van der Waals surface area contributed by atoms with Gasteiger partial charge in [-0.15, -0.1) is 5.11 Å². The summed E-state index contributed by atoms with van der Waals surface area (Å²) in [5.74, 6) is 0.707. The van der Waals surface area contributed by atoms with Gasteiger partial charge in [-0.25, -0.2) is 0 Å². The standard InChI is InChI=1S/C8H7N5O/c1-2-14-5-7-11-12-8(13(1)7)6-3-9-10-4-6/h1-5,8H,(H,9,10). The molecule has 1 unspecified atom stereocenters. The van der Waals surface area contributed by atoms with Crippen molar-refractivity contribution in [2.45, 2.75) is 6.17 Å². The van der Waals surface area contributed by atoms with Crippen LogP contribution in [0, 0.1) is 0 Å². The Hall–Kier alpha value is -2.11. The van der Waals surface area contributed by atoms with E-state index in [4.69, 9.17) is 4.74 Å². The first-order chi connectivity index (χ1) is 6.95. The van der Waals surface area contributed by atoms with Gasteiger partial charge in [-0.3, -0.25) is 10.00 Å². The zero-order valence-corrected chi connectivity index (χ0v) is 7.16. The summed E-state index contributed by atoms with van der Waals surface area (Å²) >= 11 is 0. The summed E-state index contributed by atoms with van der Waals surface area (Å²) in [6.45, 7) is 0. The molecule has 0 aliphatic carbocycles. The molecule has 1 atom stereocenters. The first-order valence-corrected chi connectivity index (χ1v) is 4.15. The van der Waals surface area contributed by atoms with E-state index in [-0.39, 0.29) is 6.17 Å². The van der Waals surface area contributed by atoms with E-state index in [9.17, 15) is 0 Å². The van der Waals surface area contributed by atoms with E-state index < -0.39 is 0 Å². The van der Waals surface area contributed by atoms with Gasteiger partial charge in [0, 0.05) is 18.0 Å². The molecule has 3 rings (SSSR count). The quantitative estimate of drug-likeness (QED) is 0.727. The van der Waals surface area contributed by atoms with Gasteiger partial charge >= 0.3 is 0 Å². The molecule has 0 saturated carbocycles. The Morgan fingerprint density at radius 3 is 3.36 bits per heavy atom. The second-order valence-corrected chi connectivity index (χ2v) is 2.93. The van der Waals surface area contributed by atoms with Crippen molar-refractivity contribution in [2.75, 3.05) is 0 Å². The van der Waals surface area contributed by atoms with Crippen molar-refractivity contribution in [1.29, 1.82) is 0 Å². The lowest BCUT2D eigenvalue weighted by molar-refractivity contribution is 0.304. The normalized spacial score (nSPS) is 23.3. The number of H-pyrrole nitrogens is 1. The van der Waals surface area contributed by atoms with E-state index in [2.05, 4.69) is 20.4 Å². The van der Waals surface area contributed by atoms with Crippen LogP contribution in [0.25, 0.3) is 0 Å². The zero-order chi connectivity index (χ0) is 9.38. The van der Waals surface area contributed by atoms with E-state index in [1.165, 1.54) is 0 Å². The number of aromatic amines is 1. The van der Waals surface area contributed by atoms with Crippen molar-refractivity contribution in [3.63, 3.8) is 0 Å². The molecular formula is C8H7N5O. The summed E-state index contributed by atoms with van der Waals surface area (Å²) in [4.78, 5) is 1.91. The Labute approximate surface area is 79.6 Å². The lowest BCUT2D eigenvalue weighted by Crippen LogP contribution is -2.17. The number of aromatic nitrogens is 2. The molecule has 0 amide bonds. The highest BCUT2D eigenvalue weighted by atomic mass is 16.5. The van der Waals surface area contributed by atoms with Crippen LogP contribution >= 0.6 is 0 Å². The minimum Gasteiger partial charge on any atom is -0.467 e. The first-order valence-electron chi connectivity index (χ1n) is 4.15. The van der Waals surface area contributed by atoms with Crippen LogP contribution < -0.4 is 0 Å². The third kappa shape index (κ3) is 0.936. The Bertz CT molecular complexity index is 419. The van der Waals surface area contributed by atoms with Gasteiger partial charge in [0.15, 0.2) is 12.0 Å². The second kappa shape index (κ2) is 2.69. The average Bonchev–Trinajstić information content (AvgIpc) is 2.85. The Morgan fingerprint density at radius 2 is 2.50 bits per heavy atom. The number of azo groups is 1. The summed E-state index contributed by atoms with van der Waals surface area (Å²) < 4.78 is 4.99. The Balaban J connectivity index is 1.97. The van der Waals surface area contributed by atoms with Crippen LogP contribution in [0.4, 0.5) is 0 Å². The second-order valence-electron chi connectivity index (χ2n) is 2.93. The molecule has 0 radical (unpaired) electrons. The molecule has 1 N–H and O–H groups in total. The van der Waals surface area contributed by atoms with Crippen LogP contribution in [0.15, 0.2) is 47.2 Å². The smallest absolute Gasteiger partial charge is 0.192 e. The molecule has 3 heterocycles. The van der Waals surface area contributed by atoms with Gasteiger partial charge in [-0.2, -0.15) is 10.2 Å². The Morgan fingerprint density at radius 1 is 1.50 bits per heavy atom. The van der Waals surface area contributed by atoms with Crippen molar-refractivity contribution in [2.24, 2.45) is 10.2 Å². The third-order valence-corrected chi connectivity index (χ3v) is 2.09. The van der Waals surface area contributed by atoms with Crippen molar-refractivity contribution in [3.05, 3.63) is 42.5 Å². The molecule has 14 heavy (non-hydrogen) atoms. The van der Waals surface area contributed by atoms with E-state index in [1.54, 1.807) is 31.1 Å². The predicted molar refractivity (Wildman–Crippen MR) is 46.3 cm³/mol. The van der Waals surface area contributed by atoms with Gasteiger partial charge in [0.2, 0.25) is 0 Å². The molecular weight excluding hydrogens is 182 g/mol. The number of rotatable bonds is 1. The van der Waals surface area contributed by atoms with Crippen LogP contribution in [-0.2, 0) is 4.74 Å². The minimum absolute atomic E-state index is 0.125. The fraction of sp³-hybridized carbons (Fsp3) is 0.125. The molecule has 0 fully saturated rings. The fourth-order valence-corrected chi connectivity index (χ4v) is 1.42. The number of hydrogen-bond acceptors (Lipinski definition) is 5. The molecule has 0 saturated heterocycles. The summed E-state index contributed by atoms with van der Waals surface area (Å²) in [6.07, 6.45) is 8.36. The molecule has 1 aromatic rings. The first kappa shape index (κ1) is 7.31. The van der Waals surface area contributed by atoms with E-state index in [1.807, 2.05) is 4.90 Å². The van der Waals surface area contributed by atoms with E-state index >= 15 is 0 Å². The maximum atomic E-state index is 4.99. The van der Waals surface area contributed by atoms with Crippen LogP contribution in [-0.4, -0.2) is 15.1 Å².